The van der Waals surface area contributed by atoms with Crippen molar-refractivity contribution in [2.45, 2.75) is 19.9 Å². The summed E-state index contributed by atoms with van der Waals surface area (Å²) in [5.74, 6) is -0.396. The molecule has 1 rings (SSSR count). The van der Waals surface area contributed by atoms with E-state index in [1.807, 2.05) is 13.8 Å². The van der Waals surface area contributed by atoms with Gasteiger partial charge in [-0.15, -0.1) is 0 Å². The standard InChI is InChI=1S/C11H14FNO/c1-7(2)10(13)11(14)8-3-5-9(12)6-4-8/h3-7,10H,13H2,1-2H3. The third kappa shape index (κ3) is 2.39. The lowest BCUT2D eigenvalue weighted by atomic mass is 9.96. The van der Waals surface area contributed by atoms with E-state index in [1.165, 1.54) is 24.3 Å². The Balaban J connectivity index is 2.84. The van der Waals surface area contributed by atoms with E-state index in [2.05, 4.69) is 0 Å². The van der Waals surface area contributed by atoms with Crippen molar-refractivity contribution in [3.8, 4) is 0 Å². The Kier molecular flexibility index (Phi) is 3.36. The molecule has 0 aliphatic rings. The molecule has 0 bridgehead atoms. The number of benzene rings is 1. The zero-order chi connectivity index (χ0) is 10.7. The third-order valence-corrected chi connectivity index (χ3v) is 2.15. The molecule has 0 aliphatic heterocycles. The molecule has 0 saturated carbocycles. The van der Waals surface area contributed by atoms with Crippen LogP contribution >= 0.6 is 0 Å². The van der Waals surface area contributed by atoms with Crippen LogP contribution in [0.3, 0.4) is 0 Å². The topological polar surface area (TPSA) is 43.1 Å². The molecule has 0 fully saturated rings. The first-order valence-electron chi connectivity index (χ1n) is 4.57. The van der Waals surface area contributed by atoms with Gasteiger partial charge in [-0.1, -0.05) is 13.8 Å². The van der Waals surface area contributed by atoms with Crippen molar-refractivity contribution in [3.63, 3.8) is 0 Å². The van der Waals surface area contributed by atoms with Crippen LogP contribution in [0.15, 0.2) is 24.3 Å². The van der Waals surface area contributed by atoms with Crippen molar-refractivity contribution in [3.05, 3.63) is 35.6 Å². The minimum absolute atomic E-state index is 0.0903. The van der Waals surface area contributed by atoms with Crippen molar-refractivity contribution in [2.24, 2.45) is 11.7 Å². The monoisotopic (exact) mass is 195 g/mol. The summed E-state index contributed by atoms with van der Waals surface area (Å²) in [6.45, 7) is 3.76. The molecule has 2 nitrogen and oxygen atoms in total. The van der Waals surface area contributed by atoms with Gasteiger partial charge in [0.2, 0.25) is 0 Å². The molecule has 0 aromatic heterocycles. The SMILES string of the molecule is CC(C)C(N)C(=O)c1ccc(F)cc1. The first-order chi connectivity index (χ1) is 6.52. The second kappa shape index (κ2) is 4.33. The average Bonchev–Trinajstić information content (AvgIpc) is 2.16. The van der Waals surface area contributed by atoms with E-state index in [1.54, 1.807) is 0 Å². The molecule has 0 heterocycles. The molecule has 1 aromatic rings. The smallest absolute Gasteiger partial charge is 0.179 e. The van der Waals surface area contributed by atoms with Gasteiger partial charge < -0.3 is 5.73 Å². The highest BCUT2D eigenvalue weighted by Gasteiger charge is 2.18. The molecule has 0 spiro atoms. The first kappa shape index (κ1) is 10.9. The van der Waals surface area contributed by atoms with Crippen LogP contribution in [-0.2, 0) is 0 Å². The number of ketones is 1. The van der Waals surface area contributed by atoms with Crippen LogP contribution in [0.25, 0.3) is 0 Å². The molecular formula is C11H14FNO. The van der Waals surface area contributed by atoms with Gasteiger partial charge in [-0.3, -0.25) is 4.79 Å². The lowest BCUT2D eigenvalue weighted by Gasteiger charge is -2.13. The molecule has 0 amide bonds. The summed E-state index contributed by atoms with van der Waals surface area (Å²) >= 11 is 0. The molecule has 1 unspecified atom stereocenters. The maximum atomic E-state index is 12.6. The zero-order valence-electron chi connectivity index (χ0n) is 8.33. The Morgan fingerprint density at radius 1 is 1.29 bits per heavy atom. The van der Waals surface area contributed by atoms with E-state index >= 15 is 0 Å². The van der Waals surface area contributed by atoms with E-state index in [0.717, 1.165) is 0 Å². The quantitative estimate of drug-likeness (QED) is 0.749. The third-order valence-electron chi connectivity index (χ3n) is 2.15. The maximum absolute atomic E-state index is 12.6. The molecule has 1 aromatic carbocycles. The molecule has 0 saturated heterocycles. The van der Waals surface area contributed by atoms with Crippen molar-refractivity contribution in [2.75, 3.05) is 0 Å². The predicted molar refractivity (Wildman–Crippen MR) is 53.5 cm³/mol. The zero-order valence-corrected chi connectivity index (χ0v) is 8.33. The summed E-state index contributed by atoms with van der Waals surface area (Å²) in [6.07, 6.45) is 0. The van der Waals surface area contributed by atoms with Crippen molar-refractivity contribution in [1.82, 2.24) is 0 Å². The molecule has 76 valence electrons. The average molecular weight is 195 g/mol. The molecule has 2 N–H and O–H groups in total. The summed E-state index contributed by atoms with van der Waals surface area (Å²) in [7, 11) is 0. The maximum Gasteiger partial charge on any atom is 0.179 e. The number of nitrogens with two attached hydrogens (primary N) is 1. The highest BCUT2D eigenvalue weighted by Crippen LogP contribution is 2.09. The van der Waals surface area contributed by atoms with Crippen LogP contribution in [0, 0.1) is 11.7 Å². The Morgan fingerprint density at radius 2 is 1.79 bits per heavy atom. The fourth-order valence-corrected chi connectivity index (χ4v) is 1.11. The summed E-state index contributed by atoms with van der Waals surface area (Å²) in [5.41, 5.74) is 6.15. The molecule has 0 aliphatic carbocycles. The van der Waals surface area contributed by atoms with Crippen LogP contribution in [-0.4, -0.2) is 11.8 Å². The number of hydrogen-bond acceptors (Lipinski definition) is 2. The number of hydrogen-bond donors (Lipinski definition) is 1. The fourth-order valence-electron chi connectivity index (χ4n) is 1.11. The van der Waals surface area contributed by atoms with Crippen LogP contribution in [0.5, 0.6) is 0 Å². The van der Waals surface area contributed by atoms with Crippen molar-refractivity contribution in [1.29, 1.82) is 0 Å². The Bertz CT molecular complexity index is 319. The second-order valence-electron chi connectivity index (χ2n) is 3.64. The number of carbonyl (C=O) groups excluding carboxylic acids is 1. The van der Waals surface area contributed by atoms with E-state index in [0.29, 0.717) is 5.56 Å². The summed E-state index contributed by atoms with van der Waals surface area (Å²) in [5, 5.41) is 0. The second-order valence-corrected chi connectivity index (χ2v) is 3.64. The van der Waals surface area contributed by atoms with Gasteiger partial charge in [0.1, 0.15) is 5.82 Å². The molecular weight excluding hydrogens is 181 g/mol. The van der Waals surface area contributed by atoms with Crippen LogP contribution in [0.2, 0.25) is 0 Å². The van der Waals surface area contributed by atoms with E-state index in [9.17, 15) is 9.18 Å². The lowest BCUT2D eigenvalue weighted by molar-refractivity contribution is 0.0940. The van der Waals surface area contributed by atoms with Crippen molar-refractivity contribution >= 4 is 5.78 Å². The molecule has 0 radical (unpaired) electrons. The van der Waals surface area contributed by atoms with Gasteiger partial charge in [-0.25, -0.2) is 4.39 Å². The van der Waals surface area contributed by atoms with Gasteiger partial charge >= 0.3 is 0 Å². The van der Waals surface area contributed by atoms with Gasteiger partial charge in [0.05, 0.1) is 6.04 Å². The predicted octanol–water partition coefficient (Wildman–Crippen LogP) is 1.99. The van der Waals surface area contributed by atoms with Crippen molar-refractivity contribution < 1.29 is 9.18 Å². The lowest BCUT2D eigenvalue weighted by Crippen LogP contribution is -2.35. The van der Waals surface area contributed by atoms with Gasteiger partial charge in [0.15, 0.2) is 5.78 Å². The number of halogens is 1. The van der Waals surface area contributed by atoms with Gasteiger partial charge in [0.25, 0.3) is 0 Å². The highest BCUT2D eigenvalue weighted by molar-refractivity contribution is 6.00. The first-order valence-corrected chi connectivity index (χ1v) is 4.57. The molecule has 14 heavy (non-hydrogen) atoms. The normalized spacial score (nSPS) is 12.9. The molecule has 1 atom stereocenters. The summed E-state index contributed by atoms with van der Waals surface area (Å²) < 4.78 is 12.6. The highest BCUT2D eigenvalue weighted by atomic mass is 19.1. The number of Topliss-reactive ketones (excluding diaryl/α,β-unsaturated/α-hetero) is 1. The number of rotatable bonds is 3. The Hall–Kier alpha value is -1.22. The van der Waals surface area contributed by atoms with Gasteiger partial charge in [-0.2, -0.15) is 0 Å². The molecule has 3 heteroatoms. The van der Waals surface area contributed by atoms with Crippen LogP contribution < -0.4 is 5.73 Å². The van der Waals surface area contributed by atoms with E-state index in [4.69, 9.17) is 5.73 Å². The Morgan fingerprint density at radius 3 is 2.21 bits per heavy atom. The van der Waals surface area contributed by atoms with Gasteiger partial charge in [-0.05, 0) is 30.2 Å². The van der Waals surface area contributed by atoms with Crippen LogP contribution in [0.4, 0.5) is 4.39 Å². The largest absolute Gasteiger partial charge is 0.321 e. The fraction of sp³-hybridized carbons (Fsp3) is 0.364. The Labute approximate surface area is 82.9 Å². The van der Waals surface area contributed by atoms with Gasteiger partial charge in [0, 0.05) is 5.56 Å². The van der Waals surface area contributed by atoms with Crippen LogP contribution in [0.1, 0.15) is 24.2 Å². The summed E-state index contributed by atoms with van der Waals surface area (Å²) in [4.78, 5) is 11.6. The van der Waals surface area contributed by atoms with E-state index < -0.39 is 6.04 Å². The minimum Gasteiger partial charge on any atom is -0.321 e. The van der Waals surface area contributed by atoms with E-state index in [-0.39, 0.29) is 17.5 Å². The number of carbonyl (C=O) groups is 1. The summed E-state index contributed by atoms with van der Waals surface area (Å²) in [6, 6.07) is 4.93. The minimum atomic E-state index is -0.513.